The molecule has 2 heteroatoms. The normalized spacial score (nSPS) is 17.2. The summed E-state index contributed by atoms with van der Waals surface area (Å²) in [5.41, 5.74) is 1.25. The van der Waals surface area contributed by atoms with Crippen molar-refractivity contribution in [1.82, 2.24) is 0 Å². The summed E-state index contributed by atoms with van der Waals surface area (Å²) < 4.78 is 4.45. The minimum Gasteiger partial charge on any atom is -0.0937 e. The lowest BCUT2D eigenvalue weighted by molar-refractivity contribution is 1.54. The van der Waals surface area contributed by atoms with Gasteiger partial charge in [-0.15, -0.1) is 0 Å². The van der Waals surface area contributed by atoms with E-state index in [1.165, 1.54) is 5.57 Å². The Morgan fingerprint density at radius 1 is 1.62 bits per heavy atom. The van der Waals surface area contributed by atoms with Crippen molar-refractivity contribution in [2.75, 3.05) is 0 Å². The molecule has 0 saturated carbocycles. The summed E-state index contributed by atoms with van der Waals surface area (Å²) in [5, 5.41) is 0. The van der Waals surface area contributed by atoms with Crippen molar-refractivity contribution in [2.24, 2.45) is 0 Å². The molecule has 0 bridgehead atoms. The van der Waals surface area contributed by atoms with E-state index in [9.17, 15) is 0 Å². The molecule has 1 rings (SSSR count). The molecule has 0 spiro atoms. The molecule has 0 aliphatic carbocycles. The van der Waals surface area contributed by atoms with Gasteiger partial charge in [-0.1, -0.05) is 44.8 Å². The van der Waals surface area contributed by atoms with E-state index >= 15 is 0 Å². The molecule has 40 valence electrons. The zero-order valence-electron chi connectivity index (χ0n) is 4.47. The van der Waals surface area contributed by atoms with Gasteiger partial charge in [0.1, 0.15) is 0 Å². The molecule has 0 fully saturated rings. The lowest BCUT2D eigenvalue weighted by Crippen LogP contribution is -1.77. The molecule has 0 aromatic rings. The molecule has 1 aliphatic heterocycles. The smallest absolute Gasteiger partial charge is 0.0716 e. The molecular formula is C6H6BI. The zero-order chi connectivity index (χ0) is 5.82. The molecule has 0 amide bonds. The first-order chi connectivity index (χ1) is 3.93. The Hall–Kier alpha value is 0.145. The van der Waals surface area contributed by atoms with Crippen molar-refractivity contribution >= 4 is 32.6 Å². The average Bonchev–Trinajstić information content (AvgIpc) is 1.90. The molecule has 1 heterocycles. The van der Waals surface area contributed by atoms with Crippen LogP contribution in [0.3, 0.4) is 0 Å². The number of allylic oxidation sites excluding steroid dienone is 3. The first-order valence-electron chi connectivity index (χ1n) is 2.44. The van der Waals surface area contributed by atoms with Gasteiger partial charge >= 0.3 is 0 Å². The van der Waals surface area contributed by atoms with Crippen LogP contribution in [-0.4, -0.2) is 11.9 Å². The summed E-state index contributed by atoms with van der Waals surface area (Å²) in [6.45, 7) is 0. The lowest BCUT2D eigenvalue weighted by atomic mass is 9.97. The van der Waals surface area contributed by atoms with Crippen LogP contribution in [-0.2, 0) is 0 Å². The fourth-order valence-corrected chi connectivity index (χ4v) is 2.05. The molecule has 8 heavy (non-hydrogen) atoms. The van der Waals surface area contributed by atoms with Gasteiger partial charge in [-0.3, -0.25) is 0 Å². The Labute approximate surface area is 60.8 Å². The van der Waals surface area contributed by atoms with E-state index < -0.39 is 0 Å². The third-order valence-electron chi connectivity index (χ3n) is 0.935. The van der Waals surface area contributed by atoms with Crippen LogP contribution in [0.15, 0.2) is 21.8 Å². The van der Waals surface area contributed by atoms with Crippen molar-refractivity contribution < 1.29 is 0 Å². The van der Waals surface area contributed by atoms with Crippen molar-refractivity contribution in [3.05, 3.63) is 21.8 Å². The van der Waals surface area contributed by atoms with Gasteiger partial charge in [0.2, 0.25) is 0 Å². The molecule has 0 aromatic carbocycles. The van der Waals surface area contributed by atoms with Crippen LogP contribution in [0.4, 0.5) is 0 Å². The Morgan fingerprint density at radius 3 is 2.88 bits per heavy atom. The zero-order valence-corrected chi connectivity index (χ0v) is 6.63. The summed E-state index contributed by atoms with van der Waals surface area (Å²) in [4.78, 5) is 0. The molecule has 0 N–H and O–H groups in total. The molecule has 0 atom stereocenters. The average molecular weight is 216 g/mol. The second-order valence-corrected chi connectivity index (χ2v) is 3.65. The first kappa shape index (κ1) is 6.27. The van der Waals surface area contributed by atoms with Crippen LogP contribution in [0.5, 0.6) is 0 Å². The Balaban J connectivity index is 2.68. The first-order valence-corrected chi connectivity index (χ1v) is 4.93. The summed E-state index contributed by atoms with van der Waals surface area (Å²) in [5.74, 6) is 0. The van der Waals surface area contributed by atoms with Crippen LogP contribution in [0.2, 0.25) is 6.32 Å². The Morgan fingerprint density at radius 2 is 2.50 bits per heavy atom. The molecule has 0 unspecified atom stereocenters. The fourth-order valence-electron chi connectivity index (χ4n) is 0.468. The van der Waals surface area contributed by atoms with Gasteiger partial charge in [0.05, 0.1) is 7.85 Å². The van der Waals surface area contributed by atoms with E-state index in [0.29, 0.717) is 6.32 Å². The highest BCUT2D eigenvalue weighted by Gasteiger charge is 1.85. The highest BCUT2D eigenvalue weighted by Crippen LogP contribution is 2.10. The van der Waals surface area contributed by atoms with Gasteiger partial charge in [0.15, 0.2) is 0 Å². The van der Waals surface area contributed by atoms with Crippen LogP contribution < -0.4 is 0 Å². The van der Waals surface area contributed by atoms with Crippen molar-refractivity contribution in [3.63, 3.8) is 0 Å². The fraction of sp³-hybridized carbons (Fsp3) is 0.167. The highest BCUT2D eigenvalue weighted by atomic mass is 127. The van der Waals surface area contributed by atoms with Gasteiger partial charge in [-0.25, -0.2) is 0 Å². The monoisotopic (exact) mass is 216 g/mol. The quantitative estimate of drug-likeness (QED) is 0.463. The summed E-state index contributed by atoms with van der Waals surface area (Å²) in [6.07, 6.45) is 4.91. The molecule has 0 nitrogen and oxygen atoms in total. The summed E-state index contributed by atoms with van der Waals surface area (Å²) >= 11 is 0.244. The Kier molecular flexibility index (Phi) is 2.53. The third-order valence-corrected chi connectivity index (χ3v) is 2.48. The SMILES string of the molecule is [B]CC1=CC=IC=C1. The van der Waals surface area contributed by atoms with E-state index in [-0.39, 0.29) is 20.7 Å². The molecule has 1 aliphatic rings. The largest absolute Gasteiger partial charge is 0.0937 e. The van der Waals surface area contributed by atoms with Gasteiger partial charge < -0.3 is 0 Å². The second kappa shape index (κ2) is 3.23. The molecule has 0 saturated heterocycles. The highest BCUT2D eigenvalue weighted by molar-refractivity contribution is 14.2. The topological polar surface area (TPSA) is 0 Å². The number of hydrogen-bond acceptors (Lipinski definition) is 0. The van der Waals surface area contributed by atoms with Gasteiger partial charge in [0, 0.05) is 0 Å². The predicted octanol–water partition coefficient (Wildman–Crippen LogP) is 1.80. The number of hydrogen-bond donors (Lipinski definition) is 0. The minimum absolute atomic E-state index is 0.244. The molecule has 0 aromatic heterocycles. The van der Waals surface area contributed by atoms with E-state index in [1.807, 2.05) is 0 Å². The van der Waals surface area contributed by atoms with Gasteiger partial charge in [0.25, 0.3) is 0 Å². The van der Waals surface area contributed by atoms with E-state index in [0.717, 1.165) is 0 Å². The standard InChI is InChI=1S/C6H6BI/c7-5-6-1-3-8-4-2-6/h1-4H,5H2. The van der Waals surface area contributed by atoms with E-state index in [4.69, 9.17) is 7.85 Å². The maximum absolute atomic E-state index is 5.38. The van der Waals surface area contributed by atoms with Gasteiger partial charge in [-0.05, 0) is 8.09 Å². The number of halogens is 1. The van der Waals surface area contributed by atoms with Crippen molar-refractivity contribution in [1.29, 1.82) is 0 Å². The maximum atomic E-state index is 5.38. The van der Waals surface area contributed by atoms with Gasteiger partial charge in [-0.2, -0.15) is 0 Å². The summed E-state index contributed by atoms with van der Waals surface area (Å²) in [7, 11) is 5.38. The minimum atomic E-state index is 0.244. The summed E-state index contributed by atoms with van der Waals surface area (Å²) in [6, 6.07) is 0. The maximum Gasteiger partial charge on any atom is 0.0716 e. The van der Waals surface area contributed by atoms with Crippen LogP contribution in [0.25, 0.3) is 0 Å². The van der Waals surface area contributed by atoms with Crippen LogP contribution >= 0.6 is 20.7 Å². The van der Waals surface area contributed by atoms with E-state index in [2.05, 4.69) is 20.2 Å². The molecule has 2 radical (unpaired) electrons. The predicted molar refractivity (Wildman–Crippen MR) is 47.9 cm³/mol. The third kappa shape index (κ3) is 1.58. The Bertz CT molecular complexity index is 156. The molecular weight excluding hydrogens is 210 g/mol. The van der Waals surface area contributed by atoms with Crippen LogP contribution in [0.1, 0.15) is 0 Å². The second-order valence-electron chi connectivity index (χ2n) is 1.49. The number of rotatable bonds is 1. The van der Waals surface area contributed by atoms with Crippen LogP contribution in [0, 0.1) is 0 Å². The van der Waals surface area contributed by atoms with E-state index in [1.54, 1.807) is 0 Å². The van der Waals surface area contributed by atoms with Crippen molar-refractivity contribution in [2.45, 2.75) is 6.32 Å². The lowest BCUT2D eigenvalue weighted by Gasteiger charge is -1.95. The van der Waals surface area contributed by atoms with Crippen molar-refractivity contribution in [3.8, 4) is 0 Å².